The van der Waals surface area contributed by atoms with Crippen LogP contribution in [-0.4, -0.2) is 19.3 Å². The van der Waals surface area contributed by atoms with Crippen LogP contribution in [0.5, 0.6) is 0 Å². The molecule has 0 fully saturated rings. The van der Waals surface area contributed by atoms with Gasteiger partial charge in [0.25, 0.3) is 0 Å². The van der Waals surface area contributed by atoms with Crippen molar-refractivity contribution < 1.29 is 18.7 Å². The molecule has 96 valence electrons. The third-order valence-electron chi connectivity index (χ3n) is 2.91. The molecule has 0 aliphatic rings. The molecule has 0 spiro atoms. The monoisotopic (exact) mass is 266 g/mol. The Morgan fingerprint density at radius 1 is 1.06 bits per heavy atom. The van der Waals surface area contributed by atoms with Crippen molar-refractivity contribution in [3.05, 3.63) is 48.0 Å². The predicted molar refractivity (Wildman–Crippen MR) is 70.5 cm³/mol. The molecular weight excluding hydrogens is 251 g/mol. The molecule has 0 heterocycles. The third-order valence-corrected chi connectivity index (χ3v) is 4.81. The molecule has 2 aromatic rings. The van der Waals surface area contributed by atoms with E-state index in [9.17, 15) is 9.67 Å². The third kappa shape index (κ3) is 2.20. The van der Waals surface area contributed by atoms with Crippen LogP contribution in [0, 0.1) is 0 Å². The molecule has 0 saturated heterocycles. The minimum Gasteiger partial charge on any atom is -0.376 e. The van der Waals surface area contributed by atoms with E-state index in [4.69, 9.17) is 9.05 Å². The van der Waals surface area contributed by atoms with Gasteiger partial charge in [-0.1, -0.05) is 42.5 Å². The van der Waals surface area contributed by atoms with Gasteiger partial charge in [0.2, 0.25) is 0 Å². The fraction of sp³-hybridized carbons (Fsp3) is 0.231. The molecule has 0 aromatic heterocycles. The van der Waals surface area contributed by atoms with Crippen molar-refractivity contribution in [2.75, 3.05) is 14.2 Å². The zero-order valence-electron chi connectivity index (χ0n) is 10.2. The van der Waals surface area contributed by atoms with Crippen molar-refractivity contribution in [2.45, 2.75) is 5.85 Å². The summed E-state index contributed by atoms with van der Waals surface area (Å²) < 4.78 is 21.9. The van der Waals surface area contributed by atoms with E-state index < -0.39 is 13.4 Å². The van der Waals surface area contributed by atoms with Crippen LogP contribution < -0.4 is 0 Å². The first-order valence-corrected chi connectivity index (χ1v) is 7.10. The van der Waals surface area contributed by atoms with Gasteiger partial charge in [-0.05, 0) is 10.8 Å². The summed E-state index contributed by atoms with van der Waals surface area (Å²) in [6.45, 7) is 0. The van der Waals surface area contributed by atoms with Gasteiger partial charge in [-0.2, -0.15) is 0 Å². The van der Waals surface area contributed by atoms with Crippen LogP contribution in [0.1, 0.15) is 11.4 Å². The van der Waals surface area contributed by atoms with Gasteiger partial charge < -0.3 is 14.2 Å². The first kappa shape index (κ1) is 13.2. The molecular formula is C13H15O4P. The summed E-state index contributed by atoms with van der Waals surface area (Å²) in [5.74, 6) is -1.29. The second-order valence-corrected chi connectivity index (χ2v) is 6.15. The number of hydrogen-bond acceptors (Lipinski definition) is 4. The fourth-order valence-corrected chi connectivity index (χ4v) is 3.03. The van der Waals surface area contributed by atoms with E-state index in [1.54, 1.807) is 12.1 Å². The highest BCUT2D eigenvalue weighted by Gasteiger charge is 2.34. The second-order valence-electron chi connectivity index (χ2n) is 3.85. The molecule has 1 atom stereocenters. The maximum Gasteiger partial charge on any atom is 0.362 e. The highest BCUT2D eigenvalue weighted by Crippen LogP contribution is 2.59. The number of aliphatic hydroxyl groups excluding tert-OH is 1. The maximum absolute atomic E-state index is 12.2. The Hall–Kier alpha value is -1.19. The molecule has 2 rings (SSSR count). The Morgan fingerprint density at radius 3 is 2.33 bits per heavy atom. The minimum absolute atomic E-state index is 0.542. The largest absolute Gasteiger partial charge is 0.376 e. The molecule has 0 aliphatic heterocycles. The molecule has 2 aromatic carbocycles. The first-order chi connectivity index (χ1) is 8.62. The van der Waals surface area contributed by atoms with Crippen LogP contribution in [0.4, 0.5) is 0 Å². The van der Waals surface area contributed by atoms with Crippen LogP contribution >= 0.6 is 7.60 Å². The van der Waals surface area contributed by atoms with Crippen molar-refractivity contribution >= 4 is 18.4 Å². The van der Waals surface area contributed by atoms with E-state index in [-0.39, 0.29) is 0 Å². The summed E-state index contributed by atoms with van der Waals surface area (Å²) in [4.78, 5) is 0. The summed E-state index contributed by atoms with van der Waals surface area (Å²) in [5.41, 5.74) is 0.542. The summed E-state index contributed by atoms with van der Waals surface area (Å²) >= 11 is 0. The number of hydrogen-bond donors (Lipinski definition) is 1. The van der Waals surface area contributed by atoms with Gasteiger partial charge in [0.1, 0.15) is 0 Å². The fourth-order valence-electron chi connectivity index (χ4n) is 1.92. The Balaban J connectivity index is 2.58. The molecule has 0 bridgehead atoms. The minimum atomic E-state index is -3.54. The molecule has 0 saturated carbocycles. The van der Waals surface area contributed by atoms with Crippen molar-refractivity contribution in [3.63, 3.8) is 0 Å². The lowest BCUT2D eigenvalue weighted by atomic mass is 10.1. The van der Waals surface area contributed by atoms with Crippen LogP contribution in [-0.2, 0) is 13.6 Å². The summed E-state index contributed by atoms with van der Waals surface area (Å²) in [5, 5.41) is 12.0. The Kier molecular flexibility index (Phi) is 3.83. The number of fused-ring (bicyclic) bond motifs is 1. The summed E-state index contributed by atoms with van der Waals surface area (Å²) in [6, 6.07) is 13.0. The van der Waals surface area contributed by atoms with Crippen LogP contribution in [0.15, 0.2) is 42.5 Å². The molecule has 0 radical (unpaired) electrons. The summed E-state index contributed by atoms with van der Waals surface area (Å²) in [7, 11) is -1.02. The molecule has 5 heteroatoms. The smallest absolute Gasteiger partial charge is 0.362 e. The lowest BCUT2D eigenvalue weighted by Crippen LogP contribution is -2.03. The lowest BCUT2D eigenvalue weighted by Gasteiger charge is -2.21. The van der Waals surface area contributed by atoms with Gasteiger partial charge in [0, 0.05) is 19.8 Å². The predicted octanol–water partition coefficient (Wildman–Crippen LogP) is 3.32. The molecule has 4 nitrogen and oxygen atoms in total. The molecule has 0 aliphatic carbocycles. The normalized spacial score (nSPS) is 13.7. The van der Waals surface area contributed by atoms with Crippen LogP contribution in [0.25, 0.3) is 10.8 Å². The zero-order chi connectivity index (χ0) is 13.2. The van der Waals surface area contributed by atoms with Crippen molar-refractivity contribution in [1.29, 1.82) is 0 Å². The Bertz CT molecular complexity index is 583. The van der Waals surface area contributed by atoms with Gasteiger partial charge in [-0.15, -0.1) is 0 Å². The average molecular weight is 266 g/mol. The van der Waals surface area contributed by atoms with Crippen molar-refractivity contribution in [1.82, 2.24) is 0 Å². The Labute approximate surface area is 106 Å². The quantitative estimate of drug-likeness (QED) is 0.862. The SMILES string of the molecule is COP(=O)(OC)[C@@H](O)c1cccc2ccccc12. The van der Waals surface area contributed by atoms with Gasteiger partial charge in [0.15, 0.2) is 5.85 Å². The Morgan fingerprint density at radius 2 is 1.67 bits per heavy atom. The molecule has 1 N–H and O–H groups in total. The van der Waals surface area contributed by atoms with Gasteiger partial charge in [0.05, 0.1) is 0 Å². The van der Waals surface area contributed by atoms with E-state index in [0.717, 1.165) is 10.8 Å². The van der Waals surface area contributed by atoms with Crippen LogP contribution in [0.2, 0.25) is 0 Å². The van der Waals surface area contributed by atoms with E-state index >= 15 is 0 Å². The highest BCUT2D eigenvalue weighted by atomic mass is 31.2. The average Bonchev–Trinajstić information content (AvgIpc) is 2.45. The number of aliphatic hydroxyl groups is 1. The van der Waals surface area contributed by atoms with E-state index in [1.165, 1.54) is 14.2 Å². The van der Waals surface area contributed by atoms with Crippen molar-refractivity contribution in [3.8, 4) is 0 Å². The van der Waals surface area contributed by atoms with E-state index in [1.807, 2.05) is 30.3 Å². The van der Waals surface area contributed by atoms with Gasteiger partial charge in [-0.25, -0.2) is 0 Å². The molecule has 0 unspecified atom stereocenters. The van der Waals surface area contributed by atoms with Gasteiger partial charge >= 0.3 is 7.60 Å². The van der Waals surface area contributed by atoms with Crippen LogP contribution in [0.3, 0.4) is 0 Å². The first-order valence-electron chi connectivity index (χ1n) is 5.49. The number of rotatable bonds is 4. The highest BCUT2D eigenvalue weighted by molar-refractivity contribution is 7.54. The topological polar surface area (TPSA) is 55.8 Å². The van der Waals surface area contributed by atoms with E-state index in [2.05, 4.69) is 0 Å². The maximum atomic E-state index is 12.2. The number of benzene rings is 2. The zero-order valence-corrected chi connectivity index (χ0v) is 11.1. The summed E-state index contributed by atoms with van der Waals surface area (Å²) in [6.07, 6.45) is 0. The second kappa shape index (κ2) is 5.21. The standard InChI is InChI=1S/C13H15O4P/c1-16-18(15,17-2)13(14)12-9-5-7-10-6-3-4-8-11(10)12/h3-9,13-14H,1-2H3/t13-/m1/s1. The molecule has 18 heavy (non-hydrogen) atoms. The molecule has 0 amide bonds. The lowest BCUT2D eigenvalue weighted by molar-refractivity contribution is 0.177. The van der Waals surface area contributed by atoms with Gasteiger partial charge in [-0.3, -0.25) is 4.57 Å². The van der Waals surface area contributed by atoms with E-state index in [0.29, 0.717) is 5.56 Å². The van der Waals surface area contributed by atoms with Crippen molar-refractivity contribution in [2.24, 2.45) is 0 Å².